The van der Waals surface area contributed by atoms with E-state index in [9.17, 15) is 4.39 Å². The number of hydrogen-bond donors (Lipinski definition) is 1. The van der Waals surface area contributed by atoms with Crippen LogP contribution in [0.3, 0.4) is 0 Å². The van der Waals surface area contributed by atoms with Crippen molar-refractivity contribution in [3.05, 3.63) is 29.0 Å². The Hall–Kier alpha value is -0.800. The molecular weight excluding hydrogens is 251 g/mol. The quantitative estimate of drug-likeness (QED) is 0.905. The molecule has 0 atom stereocenters. The molecule has 0 amide bonds. The van der Waals surface area contributed by atoms with Crippen molar-refractivity contribution >= 4 is 17.3 Å². The van der Waals surface area contributed by atoms with Crippen LogP contribution in [0.2, 0.25) is 5.02 Å². The highest BCUT2D eigenvalue weighted by Gasteiger charge is 2.32. The highest BCUT2D eigenvalue weighted by Crippen LogP contribution is 2.28. The van der Waals surface area contributed by atoms with Crippen LogP contribution in [0.15, 0.2) is 18.2 Å². The molecule has 1 heterocycles. The molecule has 2 nitrogen and oxygen atoms in total. The molecule has 1 aromatic carbocycles. The Kier molecular flexibility index (Phi) is 4.13. The van der Waals surface area contributed by atoms with Crippen LogP contribution in [-0.2, 0) is 0 Å². The number of anilines is 1. The van der Waals surface area contributed by atoms with Crippen LogP contribution in [0, 0.1) is 5.82 Å². The second-order valence-electron chi connectivity index (χ2n) is 4.93. The number of hydrogen-bond acceptors (Lipinski definition) is 2. The van der Waals surface area contributed by atoms with E-state index in [1.165, 1.54) is 6.07 Å². The summed E-state index contributed by atoms with van der Waals surface area (Å²) >= 11 is 5.80. The van der Waals surface area contributed by atoms with Gasteiger partial charge in [-0.3, -0.25) is 0 Å². The van der Waals surface area contributed by atoms with Crippen LogP contribution in [0.5, 0.6) is 0 Å². The summed E-state index contributed by atoms with van der Waals surface area (Å²) in [7, 11) is 0. The van der Waals surface area contributed by atoms with Gasteiger partial charge in [0, 0.05) is 30.2 Å². The smallest absolute Gasteiger partial charge is 0.147 e. The van der Waals surface area contributed by atoms with E-state index in [2.05, 4.69) is 24.1 Å². The van der Waals surface area contributed by atoms with Gasteiger partial charge in [-0.25, -0.2) is 4.39 Å². The molecule has 0 aliphatic carbocycles. The van der Waals surface area contributed by atoms with Gasteiger partial charge in [0.05, 0.1) is 5.69 Å². The molecule has 100 valence electrons. The Morgan fingerprint density at radius 1 is 1.39 bits per heavy atom. The average molecular weight is 271 g/mol. The predicted molar refractivity (Wildman–Crippen MR) is 74.9 cm³/mol. The highest BCUT2D eigenvalue weighted by molar-refractivity contribution is 6.30. The second kappa shape index (κ2) is 5.45. The van der Waals surface area contributed by atoms with Crippen LogP contribution in [-0.4, -0.2) is 25.2 Å². The van der Waals surface area contributed by atoms with Gasteiger partial charge in [0.1, 0.15) is 5.82 Å². The minimum absolute atomic E-state index is 0.102. The molecule has 1 aliphatic rings. The van der Waals surface area contributed by atoms with Gasteiger partial charge in [-0.2, -0.15) is 0 Å². The van der Waals surface area contributed by atoms with Gasteiger partial charge in [0.15, 0.2) is 0 Å². The molecule has 1 fully saturated rings. The average Bonchev–Trinajstić information content (AvgIpc) is 2.38. The van der Waals surface area contributed by atoms with E-state index >= 15 is 0 Å². The van der Waals surface area contributed by atoms with E-state index in [0.29, 0.717) is 10.7 Å². The first-order valence-electron chi connectivity index (χ1n) is 6.55. The third-order valence-electron chi connectivity index (χ3n) is 3.98. The Bertz CT molecular complexity index is 418. The third kappa shape index (κ3) is 2.62. The standard InChI is InChI=1S/C14H20ClFN2/c1-3-14(4-2)10-18(8-7-17-14)13-6-5-11(15)9-12(13)16/h5-6,9,17H,3-4,7-8,10H2,1-2H3. The Morgan fingerprint density at radius 3 is 2.72 bits per heavy atom. The lowest BCUT2D eigenvalue weighted by atomic mass is 9.90. The van der Waals surface area contributed by atoms with Crippen molar-refractivity contribution in [1.82, 2.24) is 5.32 Å². The maximum absolute atomic E-state index is 13.9. The van der Waals surface area contributed by atoms with Gasteiger partial charge in [-0.15, -0.1) is 0 Å². The monoisotopic (exact) mass is 270 g/mol. The Balaban J connectivity index is 2.23. The van der Waals surface area contributed by atoms with E-state index in [4.69, 9.17) is 11.6 Å². The topological polar surface area (TPSA) is 15.3 Å². The van der Waals surface area contributed by atoms with E-state index in [-0.39, 0.29) is 11.4 Å². The number of nitrogens with zero attached hydrogens (tertiary/aromatic N) is 1. The fraction of sp³-hybridized carbons (Fsp3) is 0.571. The first-order valence-corrected chi connectivity index (χ1v) is 6.93. The summed E-state index contributed by atoms with van der Waals surface area (Å²) in [4.78, 5) is 2.12. The molecule has 2 rings (SSSR count). The van der Waals surface area contributed by atoms with Gasteiger partial charge < -0.3 is 10.2 Å². The van der Waals surface area contributed by atoms with Crippen molar-refractivity contribution in [3.8, 4) is 0 Å². The summed E-state index contributed by atoms with van der Waals surface area (Å²) < 4.78 is 13.9. The molecule has 1 aromatic rings. The van der Waals surface area contributed by atoms with E-state index in [1.54, 1.807) is 12.1 Å². The van der Waals surface area contributed by atoms with Gasteiger partial charge in [-0.05, 0) is 31.0 Å². The van der Waals surface area contributed by atoms with Crippen LogP contribution >= 0.6 is 11.6 Å². The number of piperazine rings is 1. The minimum atomic E-state index is -0.231. The van der Waals surface area contributed by atoms with Gasteiger partial charge in [0.25, 0.3) is 0 Å². The lowest BCUT2D eigenvalue weighted by molar-refractivity contribution is 0.276. The lowest BCUT2D eigenvalue weighted by Crippen LogP contribution is -2.60. The second-order valence-corrected chi connectivity index (χ2v) is 5.37. The molecule has 18 heavy (non-hydrogen) atoms. The molecule has 1 aliphatic heterocycles. The summed E-state index contributed by atoms with van der Waals surface area (Å²) in [6.07, 6.45) is 2.10. The summed E-state index contributed by atoms with van der Waals surface area (Å²) in [6, 6.07) is 4.92. The summed E-state index contributed by atoms with van der Waals surface area (Å²) in [5.41, 5.74) is 0.761. The van der Waals surface area contributed by atoms with E-state index in [1.807, 2.05) is 0 Å². The van der Waals surface area contributed by atoms with E-state index < -0.39 is 0 Å². The van der Waals surface area contributed by atoms with Crippen LogP contribution in [0.25, 0.3) is 0 Å². The molecule has 0 saturated carbocycles. The zero-order valence-corrected chi connectivity index (χ0v) is 11.7. The largest absolute Gasteiger partial charge is 0.366 e. The fourth-order valence-corrected chi connectivity index (χ4v) is 2.78. The van der Waals surface area contributed by atoms with Crippen LogP contribution < -0.4 is 10.2 Å². The van der Waals surface area contributed by atoms with Crippen LogP contribution in [0.1, 0.15) is 26.7 Å². The Labute approximate surface area is 113 Å². The molecule has 0 aromatic heterocycles. The van der Waals surface area contributed by atoms with Crippen molar-refractivity contribution in [1.29, 1.82) is 0 Å². The van der Waals surface area contributed by atoms with Crippen molar-refractivity contribution in [2.75, 3.05) is 24.5 Å². The number of benzene rings is 1. The fourth-order valence-electron chi connectivity index (χ4n) is 2.62. The molecule has 0 radical (unpaired) electrons. The molecule has 1 saturated heterocycles. The molecular formula is C14H20ClFN2. The van der Waals surface area contributed by atoms with Crippen molar-refractivity contribution in [2.24, 2.45) is 0 Å². The van der Waals surface area contributed by atoms with Gasteiger partial charge >= 0.3 is 0 Å². The lowest BCUT2D eigenvalue weighted by Gasteiger charge is -2.44. The van der Waals surface area contributed by atoms with Gasteiger partial charge in [0.2, 0.25) is 0 Å². The Morgan fingerprint density at radius 2 is 2.11 bits per heavy atom. The number of nitrogens with one attached hydrogen (secondary N) is 1. The maximum atomic E-state index is 13.9. The minimum Gasteiger partial charge on any atom is -0.366 e. The first-order chi connectivity index (χ1) is 8.60. The molecule has 0 bridgehead atoms. The highest BCUT2D eigenvalue weighted by atomic mass is 35.5. The molecule has 4 heteroatoms. The zero-order chi connectivity index (χ0) is 13.2. The maximum Gasteiger partial charge on any atom is 0.147 e. The zero-order valence-electron chi connectivity index (χ0n) is 11.0. The van der Waals surface area contributed by atoms with Gasteiger partial charge in [-0.1, -0.05) is 25.4 Å². The third-order valence-corrected chi connectivity index (χ3v) is 4.21. The van der Waals surface area contributed by atoms with Crippen molar-refractivity contribution in [2.45, 2.75) is 32.2 Å². The van der Waals surface area contributed by atoms with Crippen molar-refractivity contribution < 1.29 is 4.39 Å². The molecule has 1 N–H and O–H groups in total. The van der Waals surface area contributed by atoms with E-state index in [0.717, 1.165) is 32.5 Å². The number of rotatable bonds is 3. The first kappa shape index (κ1) is 13.6. The van der Waals surface area contributed by atoms with Crippen LogP contribution in [0.4, 0.5) is 10.1 Å². The van der Waals surface area contributed by atoms with Crippen molar-refractivity contribution in [3.63, 3.8) is 0 Å². The predicted octanol–water partition coefficient (Wildman–Crippen LogP) is 3.45. The summed E-state index contributed by atoms with van der Waals surface area (Å²) in [6.45, 7) is 6.93. The molecule has 0 spiro atoms. The summed E-state index contributed by atoms with van der Waals surface area (Å²) in [5.74, 6) is -0.231. The molecule has 0 unspecified atom stereocenters. The number of halogens is 2. The summed E-state index contributed by atoms with van der Waals surface area (Å²) in [5, 5.41) is 4.02. The SMILES string of the molecule is CCC1(CC)CN(c2ccc(Cl)cc2F)CCN1. The normalized spacial score (nSPS) is 19.0.